The predicted octanol–water partition coefficient (Wildman–Crippen LogP) is 3.40. The first-order valence-electron chi connectivity index (χ1n) is 7.83. The van der Waals surface area contributed by atoms with E-state index in [9.17, 15) is 9.59 Å². The molecule has 2 aromatic carbocycles. The summed E-state index contributed by atoms with van der Waals surface area (Å²) in [5.74, 6) is -0.284. The Morgan fingerprint density at radius 3 is 2.26 bits per heavy atom. The van der Waals surface area contributed by atoms with E-state index in [0.717, 1.165) is 12.1 Å². The first kappa shape index (κ1) is 16.7. The van der Waals surface area contributed by atoms with E-state index in [1.807, 2.05) is 49.4 Å². The van der Waals surface area contributed by atoms with Gasteiger partial charge in [-0.15, -0.1) is 0 Å². The van der Waals surface area contributed by atoms with Gasteiger partial charge in [-0.3, -0.25) is 9.59 Å². The molecule has 0 aliphatic heterocycles. The Balaban J connectivity index is 1.83. The summed E-state index contributed by atoms with van der Waals surface area (Å²) in [5, 5.41) is 5.68. The van der Waals surface area contributed by atoms with E-state index >= 15 is 0 Å². The van der Waals surface area contributed by atoms with Gasteiger partial charge in [0.15, 0.2) is 0 Å². The molecule has 0 aliphatic carbocycles. The smallest absolute Gasteiger partial charge is 0.251 e. The lowest BCUT2D eigenvalue weighted by atomic mass is 10.1. The summed E-state index contributed by atoms with van der Waals surface area (Å²) >= 11 is 0. The van der Waals surface area contributed by atoms with Crippen LogP contribution in [0.4, 0.5) is 5.69 Å². The maximum atomic E-state index is 12.0. The maximum absolute atomic E-state index is 12.0. The SMILES string of the molecule is CCc1ccc(NC(=O)CC(C)NC(=O)c2ccccc2)cc1. The molecular formula is C19H22N2O2. The molecular weight excluding hydrogens is 288 g/mol. The van der Waals surface area contributed by atoms with Crippen LogP contribution in [-0.4, -0.2) is 17.9 Å². The van der Waals surface area contributed by atoms with Gasteiger partial charge in [-0.1, -0.05) is 37.3 Å². The van der Waals surface area contributed by atoms with Crippen LogP contribution >= 0.6 is 0 Å². The molecule has 0 radical (unpaired) electrons. The Morgan fingerprint density at radius 1 is 1.00 bits per heavy atom. The Bertz CT molecular complexity index is 651. The highest BCUT2D eigenvalue weighted by molar-refractivity contribution is 5.95. The number of carbonyl (C=O) groups is 2. The molecule has 4 heteroatoms. The summed E-state index contributed by atoms with van der Waals surface area (Å²) in [6.07, 6.45) is 1.20. The van der Waals surface area contributed by atoms with Crippen molar-refractivity contribution in [1.29, 1.82) is 0 Å². The van der Waals surface area contributed by atoms with E-state index in [1.165, 1.54) is 5.56 Å². The average molecular weight is 310 g/mol. The number of aryl methyl sites for hydroxylation is 1. The van der Waals surface area contributed by atoms with Crippen LogP contribution in [0.25, 0.3) is 0 Å². The number of hydrogen-bond donors (Lipinski definition) is 2. The highest BCUT2D eigenvalue weighted by atomic mass is 16.2. The van der Waals surface area contributed by atoms with Crippen LogP contribution < -0.4 is 10.6 Å². The van der Waals surface area contributed by atoms with Crippen molar-refractivity contribution in [3.05, 3.63) is 65.7 Å². The van der Waals surface area contributed by atoms with Crippen molar-refractivity contribution in [3.8, 4) is 0 Å². The second kappa shape index (κ2) is 8.13. The van der Waals surface area contributed by atoms with Crippen molar-refractivity contribution in [2.24, 2.45) is 0 Å². The second-order valence-electron chi connectivity index (χ2n) is 5.54. The summed E-state index contributed by atoms with van der Waals surface area (Å²) in [5.41, 5.74) is 2.59. The van der Waals surface area contributed by atoms with Crippen LogP contribution in [0.3, 0.4) is 0 Å². The summed E-state index contributed by atoms with van der Waals surface area (Å²) in [7, 11) is 0. The molecule has 0 fully saturated rings. The van der Waals surface area contributed by atoms with E-state index in [2.05, 4.69) is 17.6 Å². The van der Waals surface area contributed by atoms with Gasteiger partial charge in [-0.05, 0) is 43.2 Å². The lowest BCUT2D eigenvalue weighted by molar-refractivity contribution is -0.116. The number of rotatable bonds is 6. The lowest BCUT2D eigenvalue weighted by Gasteiger charge is -2.14. The number of anilines is 1. The fourth-order valence-corrected chi connectivity index (χ4v) is 2.26. The van der Waals surface area contributed by atoms with Crippen LogP contribution in [-0.2, 0) is 11.2 Å². The fourth-order valence-electron chi connectivity index (χ4n) is 2.26. The third-order valence-electron chi connectivity index (χ3n) is 3.55. The molecule has 0 saturated heterocycles. The topological polar surface area (TPSA) is 58.2 Å². The summed E-state index contributed by atoms with van der Waals surface area (Å²) in [6.45, 7) is 3.91. The molecule has 23 heavy (non-hydrogen) atoms. The highest BCUT2D eigenvalue weighted by Gasteiger charge is 2.13. The zero-order chi connectivity index (χ0) is 16.7. The number of benzene rings is 2. The molecule has 2 amide bonds. The van der Waals surface area contributed by atoms with Crippen LogP contribution in [0.1, 0.15) is 36.2 Å². The minimum absolute atomic E-state index is 0.116. The van der Waals surface area contributed by atoms with Gasteiger partial charge >= 0.3 is 0 Å². The lowest BCUT2D eigenvalue weighted by Crippen LogP contribution is -2.35. The van der Waals surface area contributed by atoms with E-state index in [1.54, 1.807) is 12.1 Å². The van der Waals surface area contributed by atoms with Crippen molar-refractivity contribution < 1.29 is 9.59 Å². The van der Waals surface area contributed by atoms with Crippen molar-refractivity contribution in [3.63, 3.8) is 0 Å². The van der Waals surface area contributed by atoms with Crippen LogP contribution in [0.2, 0.25) is 0 Å². The molecule has 0 heterocycles. The van der Waals surface area contributed by atoms with Gasteiger partial charge < -0.3 is 10.6 Å². The predicted molar refractivity (Wildman–Crippen MR) is 92.4 cm³/mol. The molecule has 0 spiro atoms. The van der Waals surface area contributed by atoms with Crippen LogP contribution in [0.5, 0.6) is 0 Å². The summed E-state index contributed by atoms with van der Waals surface area (Å²) < 4.78 is 0. The molecule has 1 atom stereocenters. The number of amides is 2. The van der Waals surface area contributed by atoms with Gasteiger partial charge in [0.25, 0.3) is 5.91 Å². The van der Waals surface area contributed by atoms with Crippen molar-refractivity contribution in [2.45, 2.75) is 32.7 Å². The first-order valence-corrected chi connectivity index (χ1v) is 7.83. The fraction of sp³-hybridized carbons (Fsp3) is 0.263. The molecule has 0 aromatic heterocycles. The number of nitrogens with one attached hydrogen (secondary N) is 2. The Kier molecular flexibility index (Phi) is 5.92. The Morgan fingerprint density at radius 2 is 1.65 bits per heavy atom. The van der Waals surface area contributed by atoms with Gasteiger partial charge in [0.05, 0.1) is 0 Å². The van der Waals surface area contributed by atoms with E-state index in [4.69, 9.17) is 0 Å². The van der Waals surface area contributed by atoms with Crippen molar-refractivity contribution in [2.75, 3.05) is 5.32 Å². The van der Waals surface area contributed by atoms with E-state index < -0.39 is 0 Å². The third-order valence-corrected chi connectivity index (χ3v) is 3.55. The van der Waals surface area contributed by atoms with Gasteiger partial charge in [0.2, 0.25) is 5.91 Å². The van der Waals surface area contributed by atoms with Crippen LogP contribution in [0.15, 0.2) is 54.6 Å². The molecule has 120 valence electrons. The Hall–Kier alpha value is -2.62. The summed E-state index contributed by atoms with van der Waals surface area (Å²) in [6, 6.07) is 16.5. The van der Waals surface area contributed by atoms with Gasteiger partial charge in [0, 0.05) is 23.7 Å². The van der Waals surface area contributed by atoms with Crippen LogP contribution in [0, 0.1) is 0 Å². The monoisotopic (exact) mass is 310 g/mol. The zero-order valence-electron chi connectivity index (χ0n) is 13.5. The Labute approximate surface area is 136 Å². The second-order valence-corrected chi connectivity index (χ2v) is 5.54. The normalized spacial score (nSPS) is 11.6. The van der Waals surface area contributed by atoms with Gasteiger partial charge in [-0.2, -0.15) is 0 Å². The largest absolute Gasteiger partial charge is 0.349 e. The molecule has 0 aliphatic rings. The maximum Gasteiger partial charge on any atom is 0.251 e. The molecule has 2 rings (SSSR count). The molecule has 1 unspecified atom stereocenters. The van der Waals surface area contributed by atoms with Crippen molar-refractivity contribution >= 4 is 17.5 Å². The zero-order valence-corrected chi connectivity index (χ0v) is 13.5. The number of hydrogen-bond acceptors (Lipinski definition) is 2. The standard InChI is InChI=1S/C19H22N2O2/c1-3-15-9-11-17(12-10-15)21-18(22)13-14(2)20-19(23)16-7-5-4-6-8-16/h4-12,14H,3,13H2,1-2H3,(H,20,23)(H,21,22). The van der Waals surface area contributed by atoms with Gasteiger partial charge in [0.1, 0.15) is 0 Å². The minimum Gasteiger partial charge on any atom is -0.349 e. The van der Waals surface area contributed by atoms with Gasteiger partial charge in [-0.25, -0.2) is 0 Å². The number of carbonyl (C=O) groups excluding carboxylic acids is 2. The van der Waals surface area contributed by atoms with E-state index in [-0.39, 0.29) is 24.3 Å². The summed E-state index contributed by atoms with van der Waals surface area (Å²) in [4.78, 5) is 24.1. The molecule has 0 bridgehead atoms. The highest BCUT2D eigenvalue weighted by Crippen LogP contribution is 2.10. The molecule has 2 aromatic rings. The molecule has 4 nitrogen and oxygen atoms in total. The molecule has 2 N–H and O–H groups in total. The van der Waals surface area contributed by atoms with Crippen molar-refractivity contribution in [1.82, 2.24) is 5.32 Å². The minimum atomic E-state index is -0.238. The third kappa shape index (κ3) is 5.25. The first-order chi connectivity index (χ1) is 11.1. The average Bonchev–Trinajstić information content (AvgIpc) is 2.56. The van der Waals surface area contributed by atoms with E-state index in [0.29, 0.717) is 5.56 Å². The quantitative estimate of drug-likeness (QED) is 0.859. The molecule has 0 saturated carbocycles.